The third kappa shape index (κ3) is 6.00. The summed E-state index contributed by atoms with van der Waals surface area (Å²) < 4.78 is 53.4. The lowest BCUT2D eigenvalue weighted by molar-refractivity contribution is 0.0985. The van der Waals surface area contributed by atoms with Crippen LogP contribution in [0.2, 0.25) is 5.15 Å². The molecule has 0 atom stereocenters. The van der Waals surface area contributed by atoms with Gasteiger partial charge >= 0.3 is 0 Å². The second-order valence-electron chi connectivity index (χ2n) is 6.36. The van der Waals surface area contributed by atoms with E-state index in [0.29, 0.717) is 5.69 Å². The first-order chi connectivity index (χ1) is 15.6. The number of nitrogens with one attached hydrogen (secondary N) is 2. The van der Waals surface area contributed by atoms with Gasteiger partial charge in [0, 0.05) is 18.8 Å². The standard InChI is InChI=1S/C18H17ClF2N6O3.CH2F2/c1-8-14(15(19)26-25-8)24-18(29)10-5-11(21)9(6-13(10)30-4-3-20)12-7-27(2)17(23-12)16(22)28;2-1-3/h5-7H,3-4H2,1-2H3,(H2,22,28)(H,24,29)(H,25,26);1H2. The van der Waals surface area contributed by atoms with E-state index >= 15 is 0 Å². The Bertz CT molecular complexity index is 1130. The van der Waals surface area contributed by atoms with Gasteiger partial charge in [-0.25, -0.2) is 22.5 Å². The number of alkyl halides is 3. The van der Waals surface area contributed by atoms with Crippen LogP contribution in [0.25, 0.3) is 11.3 Å². The van der Waals surface area contributed by atoms with Crippen molar-refractivity contribution in [2.24, 2.45) is 12.8 Å². The van der Waals surface area contributed by atoms with Gasteiger partial charge in [-0.1, -0.05) is 11.6 Å². The maximum atomic E-state index is 14.9. The van der Waals surface area contributed by atoms with E-state index in [4.69, 9.17) is 22.1 Å². The Morgan fingerprint density at radius 3 is 2.48 bits per heavy atom. The Hall–Kier alpha value is -3.61. The first-order valence-corrected chi connectivity index (χ1v) is 9.51. The number of rotatable bonds is 7. The molecule has 0 aliphatic heterocycles. The minimum Gasteiger partial charge on any atom is -0.490 e. The van der Waals surface area contributed by atoms with Crippen molar-refractivity contribution < 1.29 is 31.9 Å². The molecule has 0 saturated carbocycles. The molecule has 178 valence electrons. The van der Waals surface area contributed by atoms with Crippen LogP contribution in [-0.4, -0.2) is 51.8 Å². The van der Waals surface area contributed by atoms with E-state index in [2.05, 4.69) is 20.5 Å². The van der Waals surface area contributed by atoms with Crippen molar-refractivity contribution in [2.45, 2.75) is 6.92 Å². The number of halogens is 5. The molecule has 2 aromatic heterocycles. The number of anilines is 1. The number of imidazole rings is 1. The number of carbonyl (C=O) groups excluding carboxylic acids is 2. The lowest BCUT2D eigenvalue weighted by Crippen LogP contribution is -2.16. The summed E-state index contributed by atoms with van der Waals surface area (Å²) in [6.45, 7) is -1.29. The number of ether oxygens (including phenoxy) is 1. The van der Waals surface area contributed by atoms with Crippen molar-refractivity contribution >= 4 is 29.1 Å². The number of H-pyrrole nitrogens is 1. The number of hydrogen-bond donors (Lipinski definition) is 3. The molecular weight excluding hydrogens is 472 g/mol. The van der Waals surface area contributed by atoms with Crippen LogP contribution in [-0.2, 0) is 7.05 Å². The number of carbonyl (C=O) groups is 2. The second kappa shape index (κ2) is 11.3. The summed E-state index contributed by atoms with van der Waals surface area (Å²) in [6.07, 6.45) is 1.39. The molecule has 2 amide bonds. The fourth-order valence-corrected chi connectivity index (χ4v) is 2.98. The minimum atomic E-state index is -1.75. The van der Waals surface area contributed by atoms with Crippen molar-refractivity contribution in [3.63, 3.8) is 0 Å². The zero-order chi connectivity index (χ0) is 24.7. The zero-order valence-corrected chi connectivity index (χ0v) is 18.1. The van der Waals surface area contributed by atoms with E-state index in [0.717, 1.165) is 6.07 Å². The molecule has 3 rings (SSSR count). The summed E-state index contributed by atoms with van der Waals surface area (Å²) in [4.78, 5) is 28.1. The van der Waals surface area contributed by atoms with E-state index in [-0.39, 0.29) is 45.8 Å². The van der Waals surface area contributed by atoms with Gasteiger partial charge in [0.2, 0.25) is 6.93 Å². The number of aryl methyl sites for hydroxylation is 2. The topological polar surface area (TPSA) is 128 Å². The molecule has 0 radical (unpaired) electrons. The molecule has 0 fully saturated rings. The third-order valence-electron chi connectivity index (χ3n) is 4.16. The molecule has 3 aromatic rings. The minimum absolute atomic E-state index is 0.0247. The first-order valence-electron chi connectivity index (χ1n) is 9.14. The summed E-state index contributed by atoms with van der Waals surface area (Å²) in [5.41, 5.74) is 5.80. The largest absolute Gasteiger partial charge is 0.490 e. The lowest BCUT2D eigenvalue weighted by atomic mass is 10.1. The van der Waals surface area contributed by atoms with Crippen molar-refractivity contribution in [3.8, 4) is 17.0 Å². The highest BCUT2D eigenvalue weighted by atomic mass is 35.5. The predicted octanol–water partition coefficient (Wildman–Crippen LogP) is 3.49. The van der Waals surface area contributed by atoms with Gasteiger partial charge in [0.25, 0.3) is 11.8 Å². The summed E-state index contributed by atoms with van der Waals surface area (Å²) in [6, 6.07) is 2.14. The van der Waals surface area contributed by atoms with Crippen LogP contribution < -0.4 is 15.8 Å². The molecule has 4 N–H and O–H groups in total. The number of nitrogens with zero attached hydrogens (tertiary/aromatic N) is 3. The average molecular weight is 491 g/mol. The summed E-state index contributed by atoms with van der Waals surface area (Å²) in [5.74, 6) is -2.49. The Balaban J connectivity index is 0.00000122. The van der Waals surface area contributed by atoms with Crippen LogP contribution in [0.3, 0.4) is 0 Å². The van der Waals surface area contributed by atoms with Gasteiger partial charge in [0.1, 0.15) is 30.5 Å². The molecule has 0 bridgehead atoms. The van der Waals surface area contributed by atoms with Crippen molar-refractivity contribution in [2.75, 3.05) is 25.5 Å². The fraction of sp³-hybridized carbons (Fsp3) is 0.263. The van der Waals surface area contributed by atoms with Crippen molar-refractivity contribution in [1.29, 1.82) is 0 Å². The maximum absolute atomic E-state index is 14.9. The highest BCUT2D eigenvalue weighted by molar-refractivity contribution is 6.33. The smallest absolute Gasteiger partial charge is 0.284 e. The van der Waals surface area contributed by atoms with Gasteiger partial charge < -0.3 is 20.4 Å². The van der Waals surface area contributed by atoms with E-state index < -0.39 is 31.2 Å². The number of benzene rings is 1. The van der Waals surface area contributed by atoms with Crippen LogP contribution in [0.15, 0.2) is 18.3 Å². The summed E-state index contributed by atoms with van der Waals surface area (Å²) >= 11 is 5.92. The average Bonchev–Trinajstić information content (AvgIpc) is 3.30. The molecule has 0 unspecified atom stereocenters. The molecule has 0 aliphatic rings. The fourth-order valence-electron chi connectivity index (χ4n) is 2.75. The number of aromatic amines is 1. The van der Waals surface area contributed by atoms with Crippen molar-refractivity contribution in [1.82, 2.24) is 19.7 Å². The zero-order valence-electron chi connectivity index (χ0n) is 17.4. The predicted molar refractivity (Wildman–Crippen MR) is 112 cm³/mol. The highest BCUT2D eigenvalue weighted by Crippen LogP contribution is 2.31. The molecule has 9 nitrogen and oxygen atoms in total. The molecular formula is C19H19ClF4N6O3. The molecule has 0 aliphatic carbocycles. The maximum Gasteiger partial charge on any atom is 0.284 e. The van der Waals surface area contributed by atoms with Crippen LogP contribution in [0.5, 0.6) is 5.75 Å². The normalized spacial score (nSPS) is 10.4. The summed E-state index contributed by atoms with van der Waals surface area (Å²) in [5, 5.41) is 8.90. The molecule has 0 spiro atoms. The quantitative estimate of drug-likeness (QED) is 0.437. The van der Waals surface area contributed by atoms with Gasteiger partial charge in [-0.3, -0.25) is 14.7 Å². The van der Waals surface area contributed by atoms with Crippen molar-refractivity contribution in [3.05, 3.63) is 46.4 Å². The number of hydrogen-bond acceptors (Lipinski definition) is 5. The van der Waals surface area contributed by atoms with Gasteiger partial charge in [-0.15, -0.1) is 0 Å². The van der Waals surface area contributed by atoms with E-state index in [1.54, 1.807) is 6.92 Å². The monoisotopic (exact) mass is 490 g/mol. The molecule has 2 heterocycles. The number of nitrogens with two attached hydrogens (primary N) is 1. The van der Waals surface area contributed by atoms with Crippen LogP contribution in [0, 0.1) is 12.7 Å². The molecule has 33 heavy (non-hydrogen) atoms. The van der Waals surface area contributed by atoms with E-state index in [9.17, 15) is 27.2 Å². The van der Waals surface area contributed by atoms with E-state index in [1.165, 1.54) is 23.9 Å². The van der Waals surface area contributed by atoms with Crippen LogP contribution in [0.1, 0.15) is 26.7 Å². The lowest BCUT2D eigenvalue weighted by Gasteiger charge is -2.13. The SMILES string of the molecule is Cc1[nH]nc(Cl)c1NC(=O)c1cc(F)c(-c2cn(C)c(C(N)=O)n2)cc1OCCF.FCF. The molecule has 1 aromatic carbocycles. The number of aromatic nitrogens is 4. The Morgan fingerprint density at radius 1 is 1.30 bits per heavy atom. The Labute approximate surface area is 189 Å². The third-order valence-corrected chi connectivity index (χ3v) is 4.44. The Morgan fingerprint density at radius 2 is 1.97 bits per heavy atom. The number of amides is 2. The van der Waals surface area contributed by atoms with Crippen LogP contribution in [0.4, 0.5) is 23.2 Å². The van der Waals surface area contributed by atoms with Gasteiger partial charge in [-0.05, 0) is 19.1 Å². The molecule has 14 heteroatoms. The molecule has 0 saturated heterocycles. The van der Waals surface area contributed by atoms with Gasteiger partial charge in [0.15, 0.2) is 11.0 Å². The van der Waals surface area contributed by atoms with Gasteiger partial charge in [-0.2, -0.15) is 5.10 Å². The van der Waals surface area contributed by atoms with Crippen LogP contribution >= 0.6 is 11.6 Å². The van der Waals surface area contributed by atoms with E-state index in [1.807, 2.05) is 0 Å². The van der Waals surface area contributed by atoms with Gasteiger partial charge in [0.05, 0.1) is 17.0 Å². The second-order valence-corrected chi connectivity index (χ2v) is 6.72. The highest BCUT2D eigenvalue weighted by Gasteiger charge is 2.22. The Kier molecular flexibility index (Phi) is 8.79. The number of primary amides is 1. The first kappa shape index (κ1) is 25.6. The summed E-state index contributed by atoms with van der Waals surface area (Å²) in [7, 11) is 1.52.